The normalized spacial score (nSPS) is 18.2. The van der Waals surface area contributed by atoms with Crippen LogP contribution in [0.5, 0.6) is 0 Å². The van der Waals surface area contributed by atoms with Gasteiger partial charge in [0.05, 0.1) is 24.6 Å². The zero-order chi connectivity index (χ0) is 17.4. The highest BCUT2D eigenvalue weighted by Gasteiger charge is 2.28. The molecule has 6 nitrogen and oxygen atoms in total. The van der Waals surface area contributed by atoms with Gasteiger partial charge >= 0.3 is 5.97 Å². The van der Waals surface area contributed by atoms with Gasteiger partial charge in [0.1, 0.15) is 0 Å². The van der Waals surface area contributed by atoms with E-state index >= 15 is 0 Å². The largest absolute Gasteiger partial charge is 0.466 e. The van der Waals surface area contributed by atoms with Crippen LogP contribution in [-0.4, -0.2) is 59.9 Å². The monoisotopic (exact) mass is 333 g/mol. The Morgan fingerprint density at radius 2 is 2.25 bits per heavy atom. The maximum Gasteiger partial charge on any atom is 0.307 e. The molecule has 1 saturated heterocycles. The van der Waals surface area contributed by atoms with Crippen LogP contribution in [0.4, 0.5) is 0 Å². The van der Waals surface area contributed by atoms with Gasteiger partial charge in [0.2, 0.25) is 5.91 Å². The molecule has 0 aromatic carbocycles. The third kappa shape index (κ3) is 5.60. The Bertz CT molecular complexity index is 536. The van der Waals surface area contributed by atoms with Crippen LogP contribution < -0.4 is 0 Å². The summed E-state index contributed by atoms with van der Waals surface area (Å²) in [5.74, 6) is -0.141. The molecule has 1 amide bonds. The van der Waals surface area contributed by atoms with Gasteiger partial charge in [0.25, 0.3) is 0 Å². The molecule has 0 aliphatic carbocycles. The van der Waals surface area contributed by atoms with E-state index in [9.17, 15) is 9.59 Å². The maximum atomic E-state index is 12.6. The SMILES string of the molecule is CCOC(=O)CCN(C)C(=O)C1CCCN(Cc2ccccn2)C1. The molecule has 2 heterocycles. The van der Waals surface area contributed by atoms with Crippen molar-refractivity contribution in [2.75, 3.05) is 33.3 Å². The molecule has 1 aliphatic heterocycles. The molecular formula is C18H27N3O3. The smallest absolute Gasteiger partial charge is 0.307 e. The van der Waals surface area contributed by atoms with Crippen molar-refractivity contribution in [3.8, 4) is 0 Å². The number of piperidine rings is 1. The van der Waals surface area contributed by atoms with E-state index in [-0.39, 0.29) is 24.2 Å². The molecule has 1 atom stereocenters. The number of carbonyl (C=O) groups excluding carboxylic acids is 2. The van der Waals surface area contributed by atoms with Gasteiger partial charge in [-0.2, -0.15) is 0 Å². The van der Waals surface area contributed by atoms with E-state index in [0.717, 1.165) is 38.2 Å². The molecule has 1 aromatic rings. The van der Waals surface area contributed by atoms with Gasteiger partial charge in [0, 0.05) is 32.9 Å². The van der Waals surface area contributed by atoms with Crippen molar-refractivity contribution in [1.82, 2.24) is 14.8 Å². The van der Waals surface area contributed by atoms with Crippen LogP contribution in [0, 0.1) is 5.92 Å². The van der Waals surface area contributed by atoms with Crippen LogP contribution >= 0.6 is 0 Å². The summed E-state index contributed by atoms with van der Waals surface area (Å²) in [6, 6.07) is 5.90. The van der Waals surface area contributed by atoms with Crippen LogP contribution in [0.2, 0.25) is 0 Å². The first-order valence-electron chi connectivity index (χ1n) is 8.63. The predicted octanol–water partition coefficient (Wildman–Crippen LogP) is 1.71. The molecule has 1 unspecified atom stereocenters. The fourth-order valence-electron chi connectivity index (χ4n) is 3.04. The molecule has 0 radical (unpaired) electrons. The van der Waals surface area contributed by atoms with Gasteiger partial charge in [0.15, 0.2) is 0 Å². The Hall–Kier alpha value is -1.95. The van der Waals surface area contributed by atoms with Gasteiger partial charge in [-0.1, -0.05) is 6.07 Å². The first-order chi connectivity index (χ1) is 11.6. The average molecular weight is 333 g/mol. The molecule has 1 fully saturated rings. The van der Waals surface area contributed by atoms with Crippen molar-refractivity contribution >= 4 is 11.9 Å². The topological polar surface area (TPSA) is 62.7 Å². The van der Waals surface area contributed by atoms with Crippen molar-refractivity contribution in [3.63, 3.8) is 0 Å². The number of amides is 1. The van der Waals surface area contributed by atoms with E-state index in [4.69, 9.17) is 4.74 Å². The van der Waals surface area contributed by atoms with E-state index in [1.165, 1.54) is 0 Å². The first-order valence-corrected chi connectivity index (χ1v) is 8.63. The third-order valence-corrected chi connectivity index (χ3v) is 4.30. The Kier molecular flexibility index (Phi) is 7.18. The number of nitrogens with zero attached hydrogens (tertiary/aromatic N) is 3. The second kappa shape index (κ2) is 9.37. The van der Waals surface area contributed by atoms with E-state index in [1.54, 1.807) is 25.1 Å². The predicted molar refractivity (Wildman–Crippen MR) is 91.1 cm³/mol. The highest BCUT2D eigenvalue weighted by Crippen LogP contribution is 2.20. The standard InChI is InChI=1S/C18H27N3O3/c1-3-24-17(22)9-12-20(2)18(23)15-7-6-11-21(13-15)14-16-8-4-5-10-19-16/h4-5,8,10,15H,3,6-7,9,11-14H2,1-2H3. The molecule has 2 rings (SSSR count). The highest BCUT2D eigenvalue weighted by atomic mass is 16.5. The van der Waals surface area contributed by atoms with E-state index in [1.807, 2.05) is 18.2 Å². The van der Waals surface area contributed by atoms with Gasteiger partial charge in [-0.25, -0.2) is 0 Å². The number of rotatable bonds is 7. The van der Waals surface area contributed by atoms with Gasteiger partial charge < -0.3 is 9.64 Å². The first kappa shape index (κ1) is 18.4. The number of aromatic nitrogens is 1. The fraction of sp³-hybridized carbons (Fsp3) is 0.611. The second-order valence-electron chi connectivity index (χ2n) is 6.21. The maximum absolute atomic E-state index is 12.6. The van der Waals surface area contributed by atoms with E-state index in [2.05, 4.69) is 9.88 Å². The quantitative estimate of drug-likeness (QED) is 0.711. The minimum absolute atomic E-state index is 0.00495. The molecule has 1 aromatic heterocycles. The van der Waals surface area contributed by atoms with Crippen LogP contribution in [0.3, 0.4) is 0 Å². The fourth-order valence-corrected chi connectivity index (χ4v) is 3.04. The summed E-state index contributed by atoms with van der Waals surface area (Å²) in [7, 11) is 1.76. The van der Waals surface area contributed by atoms with Crippen molar-refractivity contribution in [3.05, 3.63) is 30.1 Å². The molecule has 0 N–H and O–H groups in total. The highest BCUT2D eigenvalue weighted by molar-refractivity contribution is 5.79. The Balaban J connectivity index is 1.82. The summed E-state index contributed by atoms with van der Waals surface area (Å²) in [6.45, 7) is 5.09. The lowest BCUT2D eigenvalue weighted by molar-refractivity contribution is -0.144. The number of carbonyl (C=O) groups is 2. The number of likely N-dealkylation sites (tertiary alicyclic amines) is 1. The summed E-state index contributed by atoms with van der Waals surface area (Å²) in [4.78, 5) is 32.3. The summed E-state index contributed by atoms with van der Waals surface area (Å²) in [5.41, 5.74) is 1.03. The zero-order valence-corrected chi connectivity index (χ0v) is 14.6. The molecule has 1 aliphatic rings. The number of hydrogen-bond acceptors (Lipinski definition) is 5. The minimum Gasteiger partial charge on any atom is -0.466 e. The van der Waals surface area contributed by atoms with Gasteiger partial charge in [-0.15, -0.1) is 0 Å². The van der Waals surface area contributed by atoms with E-state index < -0.39 is 0 Å². The Labute approximate surface area is 143 Å². The van der Waals surface area contributed by atoms with Crippen molar-refractivity contribution < 1.29 is 14.3 Å². The molecule has 0 spiro atoms. The molecule has 6 heteroatoms. The lowest BCUT2D eigenvalue weighted by Gasteiger charge is -2.33. The van der Waals surface area contributed by atoms with E-state index in [0.29, 0.717) is 13.2 Å². The molecule has 132 valence electrons. The zero-order valence-electron chi connectivity index (χ0n) is 14.6. The molecular weight excluding hydrogens is 306 g/mol. The van der Waals surface area contributed by atoms with Crippen LogP contribution in [0.15, 0.2) is 24.4 Å². The Morgan fingerprint density at radius 3 is 2.96 bits per heavy atom. The van der Waals surface area contributed by atoms with Gasteiger partial charge in [-0.05, 0) is 38.4 Å². The lowest BCUT2D eigenvalue weighted by Crippen LogP contribution is -2.43. The molecule has 0 saturated carbocycles. The summed E-state index contributed by atoms with van der Waals surface area (Å²) < 4.78 is 4.91. The summed E-state index contributed by atoms with van der Waals surface area (Å²) in [5, 5.41) is 0. The van der Waals surface area contributed by atoms with Gasteiger partial charge in [-0.3, -0.25) is 19.5 Å². The summed E-state index contributed by atoms with van der Waals surface area (Å²) >= 11 is 0. The van der Waals surface area contributed by atoms with Crippen molar-refractivity contribution in [2.24, 2.45) is 5.92 Å². The van der Waals surface area contributed by atoms with Crippen molar-refractivity contribution in [2.45, 2.75) is 32.7 Å². The van der Waals surface area contributed by atoms with Crippen LogP contribution in [0.1, 0.15) is 31.9 Å². The minimum atomic E-state index is -0.252. The molecule has 0 bridgehead atoms. The lowest BCUT2D eigenvalue weighted by atomic mass is 9.96. The number of pyridine rings is 1. The van der Waals surface area contributed by atoms with Crippen molar-refractivity contribution in [1.29, 1.82) is 0 Å². The number of esters is 1. The molecule has 24 heavy (non-hydrogen) atoms. The second-order valence-corrected chi connectivity index (χ2v) is 6.21. The van der Waals surface area contributed by atoms with Crippen LogP contribution in [0.25, 0.3) is 0 Å². The Morgan fingerprint density at radius 1 is 1.42 bits per heavy atom. The summed E-state index contributed by atoms with van der Waals surface area (Å²) in [6.07, 6.45) is 3.96. The number of hydrogen-bond donors (Lipinski definition) is 0. The number of ether oxygens (including phenoxy) is 1. The van der Waals surface area contributed by atoms with Crippen LogP contribution in [-0.2, 0) is 20.9 Å². The average Bonchev–Trinajstić information content (AvgIpc) is 2.60. The third-order valence-electron chi connectivity index (χ3n) is 4.30.